The highest BCUT2D eigenvalue weighted by molar-refractivity contribution is 7.20. The van der Waals surface area contributed by atoms with E-state index in [-0.39, 0.29) is 0 Å². The van der Waals surface area contributed by atoms with Crippen LogP contribution >= 0.6 is 0 Å². The Balaban J connectivity index is 1.12. The standard InChI is InChI=1S/C60H42N2Si/c1-6-21-43(22-7-1)45-37-39-56(52(41-45)44-23-8-2-9-24-44)62-54-33-18-16-31-50(54)53-42-46(38-40-57(53)62)61-55-34-19-17-32-51(55)60-58(61)35-20-36-59(60)63(47-25-10-3-11-26-47,48-27-12-4-13-28-48)49-29-14-5-15-30-49/h1-42H. The van der Waals surface area contributed by atoms with Gasteiger partial charge < -0.3 is 9.13 Å². The van der Waals surface area contributed by atoms with Gasteiger partial charge in [0.15, 0.2) is 8.07 Å². The van der Waals surface area contributed by atoms with Crippen LogP contribution in [0.5, 0.6) is 0 Å². The number of benzene rings is 10. The fourth-order valence-corrected chi connectivity index (χ4v) is 15.4. The van der Waals surface area contributed by atoms with E-state index in [0.29, 0.717) is 0 Å². The van der Waals surface area contributed by atoms with Gasteiger partial charge in [-0.1, -0.05) is 206 Å². The molecule has 63 heavy (non-hydrogen) atoms. The van der Waals surface area contributed by atoms with Gasteiger partial charge in [0.2, 0.25) is 0 Å². The summed E-state index contributed by atoms with van der Waals surface area (Å²) < 4.78 is 4.97. The van der Waals surface area contributed by atoms with Crippen molar-refractivity contribution in [3.8, 4) is 33.6 Å². The van der Waals surface area contributed by atoms with Crippen LogP contribution in [0.4, 0.5) is 0 Å². The third kappa shape index (κ3) is 5.85. The molecule has 0 fully saturated rings. The van der Waals surface area contributed by atoms with E-state index in [2.05, 4.69) is 264 Å². The van der Waals surface area contributed by atoms with Gasteiger partial charge in [-0.2, -0.15) is 0 Å². The molecule has 2 heterocycles. The molecule has 296 valence electrons. The van der Waals surface area contributed by atoms with Gasteiger partial charge in [0.1, 0.15) is 0 Å². The second kappa shape index (κ2) is 15.2. The first-order valence-electron chi connectivity index (χ1n) is 21.8. The van der Waals surface area contributed by atoms with Gasteiger partial charge in [-0.25, -0.2) is 0 Å². The number of fused-ring (bicyclic) bond motifs is 6. The summed E-state index contributed by atoms with van der Waals surface area (Å²) in [6, 6.07) is 94.2. The summed E-state index contributed by atoms with van der Waals surface area (Å²) in [5.74, 6) is 0. The summed E-state index contributed by atoms with van der Waals surface area (Å²) >= 11 is 0. The number of para-hydroxylation sites is 2. The van der Waals surface area contributed by atoms with Crippen molar-refractivity contribution in [2.24, 2.45) is 0 Å². The largest absolute Gasteiger partial charge is 0.309 e. The van der Waals surface area contributed by atoms with E-state index in [0.717, 1.165) is 11.4 Å². The summed E-state index contributed by atoms with van der Waals surface area (Å²) in [4.78, 5) is 0. The van der Waals surface area contributed by atoms with Crippen LogP contribution in [0.2, 0.25) is 0 Å². The molecule has 0 bridgehead atoms. The zero-order valence-corrected chi connectivity index (χ0v) is 35.6. The summed E-state index contributed by atoms with van der Waals surface area (Å²) in [7, 11) is -2.86. The first kappa shape index (κ1) is 36.8. The number of rotatable bonds is 8. The fourth-order valence-electron chi connectivity index (χ4n) is 10.4. The fraction of sp³-hybridized carbons (Fsp3) is 0. The predicted octanol–water partition coefficient (Wildman–Crippen LogP) is 12.6. The average Bonchev–Trinajstić information content (AvgIpc) is 3.88. The van der Waals surface area contributed by atoms with E-state index in [1.54, 1.807) is 0 Å². The van der Waals surface area contributed by atoms with Crippen LogP contribution in [0.25, 0.3) is 77.2 Å². The van der Waals surface area contributed by atoms with E-state index in [1.807, 2.05) is 0 Å². The zero-order valence-electron chi connectivity index (χ0n) is 34.6. The van der Waals surface area contributed by atoms with Gasteiger partial charge in [0.05, 0.1) is 27.8 Å². The van der Waals surface area contributed by atoms with Crippen molar-refractivity contribution >= 4 is 72.4 Å². The molecule has 0 saturated heterocycles. The highest BCUT2D eigenvalue weighted by Gasteiger charge is 2.43. The third-order valence-electron chi connectivity index (χ3n) is 13.1. The molecule has 0 unspecified atom stereocenters. The maximum Gasteiger partial charge on any atom is 0.180 e. The molecule has 0 spiro atoms. The lowest BCUT2D eigenvalue weighted by atomic mass is 9.97. The Labute approximate surface area is 368 Å². The van der Waals surface area contributed by atoms with Crippen molar-refractivity contribution in [1.82, 2.24) is 9.13 Å². The van der Waals surface area contributed by atoms with Crippen molar-refractivity contribution in [1.29, 1.82) is 0 Å². The quantitative estimate of drug-likeness (QED) is 0.107. The smallest absolute Gasteiger partial charge is 0.180 e. The molecule has 0 aliphatic heterocycles. The molecule has 0 aliphatic carbocycles. The van der Waals surface area contributed by atoms with Gasteiger partial charge >= 0.3 is 0 Å². The molecular formula is C60H42N2Si. The number of hydrogen-bond acceptors (Lipinski definition) is 0. The normalized spacial score (nSPS) is 11.8. The maximum absolute atomic E-state index is 2.86. The summed E-state index contributed by atoms with van der Waals surface area (Å²) in [5.41, 5.74) is 11.9. The van der Waals surface area contributed by atoms with Crippen molar-refractivity contribution < 1.29 is 0 Å². The lowest BCUT2D eigenvalue weighted by molar-refractivity contribution is 1.17. The van der Waals surface area contributed by atoms with Crippen molar-refractivity contribution in [3.63, 3.8) is 0 Å². The Hall–Kier alpha value is -7.98. The van der Waals surface area contributed by atoms with Gasteiger partial charge in [-0.3, -0.25) is 0 Å². The second-order valence-electron chi connectivity index (χ2n) is 16.4. The van der Waals surface area contributed by atoms with E-state index in [4.69, 9.17) is 0 Å². The number of hydrogen-bond donors (Lipinski definition) is 0. The lowest BCUT2D eigenvalue weighted by Crippen LogP contribution is -2.74. The van der Waals surface area contributed by atoms with Crippen molar-refractivity contribution in [2.75, 3.05) is 0 Å². The monoisotopic (exact) mass is 818 g/mol. The minimum Gasteiger partial charge on any atom is -0.309 e. The average molecular weight is 819 g/mol. The molecule has 0 amide bonds. The first-order valence-corrected chi connectivity index (χ1v) is 23.8. The SMILES string of the molecule is c1ccc(-c2ccc(-n3c4ccccc4c4cc(-n5c6ccccc6c6c([Si](c7ccccc7)(c7ccccc7)c7ccccc7)cccc65)ccc43)c(-c3ccccc3)c2)cc1. The number of nitrogens with zero attached hydrogens (tertiary/aromatic N) is 2. The van der Waals surface area contributed by atoms with Crippen LogP contribution in [-0.4, -0.2) is 17.2 Å². The minimum atomic E-state index is -2.86. The minimum absolute atomic E-state index is 1.14. The molecule has 12 rings (SSSR count). The molecule has 0 atom stereocenters. The van der Waals surface area contributed by atoms with Gasteiger partial charge in [-0.15, -0.1) is 0 Å². The molecule has 0 N–H and O–H groups in total. The predicted molar refractivity (Wildman–Crippen MR) is 270 cm³/mol. The molecule has 0 saturated carbocycles. The zero-order chi connectivity index (χ0) is 41.7. The molecule has 2 nitrogen and oxygen atoms in total. The van der Waals surface area contributed by atoms with Crippen LogP contribution in [0, 0.1) is 0 Å². The highest BCUT2D eigenvalue weighted by atomic mass is 28.3. The van der Waals surface area contributed by atoms with Crippen LogP contribution in [0.1, 0.15) is 0 Å². The van der Waals surface area contributed by atoms with Gasteiger partial charge in [0.25, 0.3) is 0 Å². The number of aromatic nitrogens is 2. The van der Waals surface area contributed by atoms with Crippen LogP contribution in [0.3, 0.4) is 0 Å². The van der Waals surface area contributed by atoms with Crippen LogP contribution in [0.15, 0.2) is 255 Å². The van der Waals surface area contributed by atoms with E-state index in [9.17, 15) is 0 Å². The first-order chi connectivity index (χ1) is 31.3. The van der Waals surface area contributed by atoms with Crippen LogP contribution < -0.4 is 20.7 Å². The lowest BCUT2D eigenvalue weighted by Gasteiger charge is -2.35. The van der Waals surface area contributed by atoms with E-state index >= 15 is 0 Å². The van der Waals surface area contributed by atoms with Crippen molar-refractivity contribution in [3.05, 3.63) is 255 Å². The van der Waals surface area contributed by atoms with Gasteiger partial charge in [0, 0.05) is 32.8 Å². The van der Waals surface area contributed by atoms with Gasteiger partial charge in [-0.05, 0) is 86.0 Å². The van der Waals surface area contributed by atoms with E-state index < -0.39 is 8.07 Å². The highest BCUT2D eigenvalue weighted by Crippen LogP contribution is 2.40. The second-order valence-corrected chi connectivity index (χ2v) is 20.2. The molecule has 10 aromatic carbocycles. The Morgan fingerprint density at radius 1 is 0.286 bits per heavy atom. The molecular weight excluding hydrogens is 777 g/mol. The van der Waals surface area contributed by atoms with Crippen molar-refractivity contribution in [2.45, 2.75) is 0 Å². The molecule has 0 radical (unpaired) electrons. The molecule has 3 heteroatoms. The Kier molecular flexibility index (Phi) is 8.87. The molecule has 0 aliphatic rings. The van der Waals surface area contributed by atoms with Crippen LogP contribution in [-0.2, 0) is 0 Å². The molecule has 2 aromatic heterocycles. The topological polar surface area (TPSA) is 9.86 Å². The van der Waals surface area contributed by atoms with E-state index in [1.165, 1.54) is 86.6 Å². The third-order valence-corrected chi connectivity index (χ3v) is 17.9. The Morgan fingerprint density at radius 3 is 1.40 bits per heavy atom. The Morgan fingerprint density at radius 2 is 0.778 bits per heavy atom. The maximum atomic E-state index is 2.50. The molecule has 12 aromatic rings. The summed E-state index contributed by atoms with van der Waals surface area (Å²) in [6.07, 6.45) is 0. The summed E-state index contributed by atoms with van der Waals surface area (Å²) in [5, 5.41) is 10.5. The summed E-state index contributed by atoms with van der Waals surface area (Å²) in [6.45, 7) is 0. The Bertz CT molecular complexity index is 3500.